The molecule has 2 heterocycles. The second kappa shape index (κ2) is 8.48. The van der Waals surface area contributed by atoms with E-state index < -0.39 is 0 Å². The van der Waals surface area contributed by atoms with Gasteiger partial charge in [-0.1, -0.05) is 6.07 Å². The number of anilines is 1. The van der Waals surface area contributed by atoms with E-state index in [1.54, 1.807) is 30.5 Å². The molecular formula is C19H23N3O3. The molecule has 3 rings (SSSR count). The number of methoxy groups -OCH3 is 1. The summed E-state index contributed by atoms with van der Waals surface area (Å²) in [5.74, 6) is 0.706. The maximum atomic E-state index is 12.8. The zero-order valence-corrected chi connectivity index (χ0v) is 14.4. The fourth-order valence-corrected chi connectivity index (χ4v) is 2.87. The van der Waals surface area contributed by atoms with Crippen molar-refractivity contribution in [3.8, 4) is 5.75 Å². The third-order valence-electron chi connectivity index (χ3n) is 4.18. The van der Waals surface area contributed by atoms with E-state index in [1.807, 2.05) is 30.3 Å². The Morgan fingerprint density at radius 3 is 2.92 bits per heavy atom. The molecule has 132 valence electrons. The molecule has 1 saturated heterocycles. The average Bonchev–Trinajstić information content (AvgIpc) is 3.15. The average molecular weight is 341 g/mol. The van der Waals surface area contributed by atoms with Crippen molar-refractivity contribution in [1.29, 1.82) is 0 Å². The molecule has 0 aliphatic carbocycles. The van der Waals surface area contributed by atoms with E-state index in [4.69, 9.17) is 9.47 Å². The van der Waals surface area contributed by atoms with Crippen LogP contribution in [0, 0.1) is 0 Å². The van der Waals surface area contributed by atoms with Crippen molar-refractivity contribution < 1.29 is 14.3 Å². The molecule has 1 unspecified atom stereocenters. The van der Waals surface area contributed by atoms with E-state index in [1.165, 1.54) is 0 Å². The van der Waals surface area contributed by atoms with E-state index in [2.05, 4.69) is 10.3 Å². The van der Waals surface area contributed by atoms with Crippen molar-refractivity contribution in [3.63, 3.8) is 0 Å². The van der Waals surface area contributed by atoms with Crippen LogP contribution in [0.5, 0.6) is 5.75 Å². The molecule has 1 aliphatic heterocycles. The Kier molecular flexibility index (Phi) is 5.85. The van der Waals surface area contributed by atoms with Gasteiger partial charge in [0.2, 0.25) is 0 Å². The lowest BCUT2D eigenvalue weighted by Gasteiger charge is -2.26. The molecule has 0 spiro atoms. The number of benzene rings is 1. The van der Waals surface area contributed by atoms with Gasteiger partial charge in [-0.3, -0.25) is 4.98 Å². The number of carbonyl (C=O) groups is 1. The van der Waals surface area contributed by atoms with Gasteiger partial charge >= 0.3 is 6.03 Å². The Morgan fingerprint density at radius 2 is 2.20 bits per heavy atom. The number of carbonyl (C=O) groups excluding carboxylic acids is 1. The van der Waals surface area contributed by atoms with Gasteiger partial charge in [0.05, 0.1) is 13.2 Å². The van der Waals surface area contributed by atoms with E-state index in [9.17, 15) is 4.79 Å². The highest BCUT2D eigenvalue weighted by Gasteiger charge is 2.23. The van der Waals surface area contributed by atoms with E-state index in [0.29, 0.717) is 24.5 Å². The van der Waals surface area contributed by atoms with E-state index >= 15 is 0 Å². The predicted octanol–water partition coefficient (Wildman–Crippen LogP) is 3.30. The quantitative estimate of drug-likeness (QED) is 0.875. The van der Waals surface area contributed by atoms with Crippen LogP contribution in [0.25, 0.3) is 0 Å². The molecule has 2 aromatic rings. The highest BCUT2D eigenvalue weighted by atomic mass is 16.5. The summed E-state index contributed by atoms with van der Waals surface area (Å²) in [6, 6.07) is 11.0. The molecule has 1 atom stereocenters. The molecule has 6 heteroatoms. The van der Waals surface area contributed by atoms with Gasteiger partial charge in [0.1, 0.15) is 5.75 Å². The first-order valence-electron chi connectivity index (χ1n) is 8.45. The number of rotatable bonds is 6. The maximum absolute atomic E-state index is 12.8. The van der Waals surface area contributed by atoms with Gasteiger partial charge in [-0.05, 0) is 42.7 Å². The standard InChI is InChI=1S/C19H23N3O3/c1-24-17-5-2-4-16(12-17)21-19(23)22(14-18-6-3-11-25-18)13-15-7-9-20-10-8-15/h2,4-5,7-10,12,18H,3,6,11,13-14H2,1H3,(H,21,23). The van der Waals surface area contributed by atoms with Gasteiger partial charge < -0.3 is 19.7 Å². The predicted molar refractivity (Wildman–Crippen MR) is 95.6 cm³/mol. The summed E-state index contributed by atoms with van der Waals surface area (Å²) in [5, 5.41) is 2.95. The van der Waals surface area contributed by atoms with Crippen molar-refractivity contribution in [2.24, 2.45) is 0 Å². The third-order valence-corrected chi connectivity index (χ3v) is 4.18. The number of amides is 2. The van der Waals surface area contributed by atoms with Crippen LogP contribution >= 0.6 is 0 Å². The summed E-state index contributed by atoms with van der Waals surface area (Å²) in [6.07, 6.45) is 5.60. The van der Waals surface area contributed by atoms with Crippen molar-refractivity contribution in [2.75, 3.05) is 25.6 Å². The fraction of sp³-hybridized carbons (Fsp3) is 0.368. The molecule has 1 aromatic carbocycles. The monoisotopic (exact) mass is 341 g/mol. The second-order valence-electron chi connectivity index (χ2n) is 6.03. The number of urea groups is 1. The highest BCUT2D eigenvalue weighted by molar-refractivity contribution is 5.89. The minimum atomic E-state index is -0.152. The van der Waals surface area contributed by atoms with Crippen LogP contribution in [-0.2, 0) is 11.3 Å². The van der Waals surface area contributed by atoms with Gasteiger partial charge in [0.15, 0.2) is 0 Å². The molecular weight excluding hydrogens is 318 g/mol. The van der Waals surface area contributed by atoms with Crippen LogP contribution in [0.4, 0.5) is 10.5 Å². The second-order valence-corrected chi connectivity index (χ2v) is 6.03. The lowest BCUT2D eigenvalue weighted by Crippen LogP contribution is -2.39. The molecule has 1 aliphatic rings. The van der Waals surface area contributed by atoms with Crippen LogP contribution in [0.2, 0.25) is 0 Å². The highest BCUT2D eigenvalue weighted by Crippen LogP contribution is 2.19. The van der Waals surface area contributed by atoms with Crippen molar-refractivity contribution >= 4 is 11.7 Å². The summed E-state index contributed by atoms with van der Waals surface area (Å²) < 4.78 is 10.9. The molecule has 1 fully saturated rings. The lowest BCUT2D eigenvalue weighted by atomic mass is 10.2. The molecule has 1 aromatic heterocycles. The number of ether oxygens (including phenoxy) is 2. The van der Waals surface area contributed by atoms with Crippen LogP contribution in [-0.4, -0.2) is 42.3 Å². The Balaban J connectivity index is 1.70. The fourth-order valence-electron chi connectivity index (χ4n) is 2.87. The van der Waals surface area contributed by atoms with Crippen molar-refractivity contribution in [2.45, 2.75) is 25.5 Å². The molecule has 0 radical (unpaired) electrons. The number of nitrogens with one attached hydrogen (secondary N) is 1. The zero-order chi connectivity index (χ0) is 17.5. The summed E-state index contributed by atoms with van der Waals surface area (Å²) in [5.41, 5.74) is 1.74. The summed E-state index contributed by atoms with van der Waals surface area (Å²) in [6.45, 7) is 1.85. The van der Waals surface area contributed by atoms with Crippen LogP contribution < -0.4 is 10.1 Å². The number of nitrogens with zero attached hydrogens (tertiary/aromatic N) is 2. The normalized spacial score (nSPS) is 16.4. The first-order chi connectivity index (χ1) is 12.2. The molecule has 25 heavy (non-hydrogen) atoms. The Morgan fingerprint density at radius 1 is 1.36 bits per heavy atom. The van der Waals surface area contributed by atoms with E-state index in [-0.39, 0.29) is 12.1 Å². The van der Waals surface area contributed by atoms with Crippen LogP contribution in [0.3, 0.4) is 0 Å². The Labute approximate surface area is 147 Å². The van der Waals surface area contributed by atoms with Gasteiger partial charge in [0, 0.05) is 43.8 Å². The molecule has 0 saturated carbocycles. The summed E-state index contributed by atoms with van der Waals surface area (Å²) in [7, 11) is 1.61. The van der Waals surface area contributed by atoms with Crippen LogP contribution in [0.15, 0.2) is 48.8 Å². The minimum absolute atomic E-state index is 0.0953. The van der Waals surface area contributed by atoms with Crippen molar-refractivity contribution in [3.05, 3.63) is 54.4 Å². The number of pyridine rings is 1. The van der Waals surface area contributed by atoms with Gasteiger partial charge in [0.25, 0.3) is 0 Å². The first-order valence-corrected chi connectivity index (χ1v) is 8.45. The smallest absolute Gasteiger partial charge is 0.322 e. The number of hydrogen-bond acceptors (Lipinski definition) is 4. The molecule has 6 nitrogen and oxygen atoms in total. The molecule has 1 N–H and O–H groups in total. The summed E-state index contributed by atoms with van der Waals surface area (Å²) >= 11 is 0. The third kappa shape index (κ3) is 4.93. The van der Waals surface area contributed by atoms with Gasteiger partial charge in [-0.25, -0.2) is 4.79 Å². The Hall–Kier alpha value is -2.60. The minimum Gasteiger partial charge on any atom is -0.497 e. The van der Waals surface area contributed by atoms with Gasteiger partial charge in [-0.2, -0.15) is 0 Å². The number of hydrogen-bond donors (Lipinski definition) is 1. The SMILES string of the molecule is COc1cccc(NC(=O)N(Cc2ccncc2)CC2CCCO2)c1. The first kappa shape index (κ1) is 17.2. The number of aromatic nitrogens is 1. The molecule has 2 amide bonds. The summed E-state index contributed by atoms with van der Waals surface area (Å²) in [4.78, 5) is 18.6. The van der Waals surface area contributed by atoms with Gasteiger partial charge in [-0.15, -0.1) is 0 Å². The topological polar surface area (TPSA) is 63.7 Å². The van der Waals surface area contributed by atoms with Crippen molar-refractivity contribution in [1.82, 2.24) is 9.88 Å². The maximum Gasteiger partial charge on any atom is 0.322 e. The zero-order valence-electron chi connectivity index (χ0n) is 14.4. The van der Waals surface area contributed by atoms with Crippen LogP contribution in [0.1, 0.15) is 18.4 Å². The largest absolute Gasteiger partial charge is 0.497 e. The molecule has 0 bridgehead atoms. The van der Waals surface area contributed by atoms with E-state index in [0.717, 1.165) is 25.0 Å². The lowest BCUT2D eigenvalue weighted by molar-refractivity contribution is 0.0819. The Bertz CT molecular complexity index is 687.